The van der Waals surface area contributed by atoms with Crippen LogP contribution in [0.1, 0.15) is 25.7 Å². The molecule has 0 heterocycles. The van der Waals surface area contributed by atoms with Gasteiger partial charge in [0.25, 0.3) is 0 Å². The van der Waals surface area contributed by atoms with E-state index in [4.69, 9.17) is 0 Å². The van der Waals surface area contributed by atoms with Crippen LogP contribution in [0.3, 0.4) is 0 Å². The van der Waals surface area contributed by atoms with E-state index in [9.17, 15) is 0 Å². The highest BCUT2D eigenvalue weighted by Crippen LogP contribution is 2.51. The molecule has 2 aliphatic rings. The molecular formula is C8H11I. The van der Waals surface area contributed by atoms with Crippen molar-refractivity contribution in [3.8, 4) is 0 Å². The second-order valence-corrected chi connectivity index (χ2v) is 5.15. The first-order valence-electron chi connectivity index (χ1n) is 3.68. The second kappa shape index (κ2) is 1.97. The lowest BCUT2D eigenvalue weighted by Crippen LogP contribution is -2.40. The van der Waals surface area contributed by atoms with Gasteiger partial charge in [-0.3, -0.25) is 0 Å². The number of allylic oxidation sites excluding steroid dienone is 2. The Labute approximate surface area is 69.9 Å². The minimum Gasteiger partial charge on any atom is -0.0872 e. The average Bonchev–Trinajstić information content (AvgIpc) is 1.82. The van der Waals surface area contributed by atoms with E-state index >= 15 is 0 Å². The van der Waals surface area contributed by atoms with Crippen LogP contribution >= 0.6 is 22.6 Å². The van der Waals surface area contributed by atoms with Gasteiger partial charge in [-0.1, -0.05) is 34.7 Å². The third kappa shape index (κ3) is 0.846. The summed E-state index contributed by atoms with van der Waals surface area (Å²) in [4.78, 5) is 0. The van der Waals surface area contributed by atoms with Gasteiger partial charge in [0, 0.05) is 3.42 Å². The number of alkyl halides is 1. The van der Waals surface area contributed by atoms with Crippen LogP contribution in [0.15, 0.2) is 12.2 Å². The van der Waals surface area contributed by atoms with E-state index in [1.54, 1.807) is 0 Å². The molecule has 50 valence electrons. The normalized spacial score (nSPS) is 47.9. The lowest BCUT2D eigenvalue weighted by molar-refractivity contribution is 0.253. The molecule has 9 heavy (non-hydrogen) atoms. The van der Waals surface area contributed by atoms with Crippen LogP contribution in [0.5, 0.6) is 0 Å². The molecule has 0 N–H and O–H groups in total. The number of fused-ring (bicyclic) bond motifs is 1. The molecule has 2 rings (SSSR count). The molecule has 0 aromatic heterocycles. The van der Waals surface area contributed by atoms with Crippen LogP contribution in [0.2, 0.25) is 0 Å². The largest absolute Gasteiger partial charge is 0.0872 e. The van der Waals surface area contributed by atoms with Gasteiger partial charge in [-0.25, -0.2) is 0 Å². The van der Waals surface area contributed by atoms with Gasteiger partial charge in [-0.2, -0.15) is 0 Å². The molecule has 2 atom stereocenters. The molecule has 0 saturated heterocycles. The van der Waals surface area contributed by atoms with Crippen molar-refractivity contribution in [1.29, 1.82) is 0 Å². The fourth-order valence-electron chi connectivity index (χ4n) is 1.80. The highest BCUT2D eigenvalue weighted by atomic mass is 127. The maximum Gasteiger partial charge on any atom is 0.0429 e. The van der Waals surface area contributed by atoms with Gasteiger partial charge in [0.05, 0.1) is 0 Å². The fourth-order valence-corrected chi connectivity index (χ4v) is 2.99. The lowest BCUT2D eigenvalue weighted by atomic mass is 9.69. The molecule has 2 unspecified atom stereocenters. The smallest absolute Gasteiger partial charge is 0.0429 e. The quantitative estimate of drug-likeness (QED) is 0.343. The van der Waals surface area contributed by atoms with Crippen molar-refractivity contribution in [2.24, 2.45) is 5.92 Å². The monoisotopic (exact) mass is 234 g/mol. The number of rotatable bonds is 0. The Morgan fingerprint density at radius 2 is 2.33 bits per heavy atom. The second-order valence-electron chi connectivity index (χ2n) is 3.14. The number of halogens is 1. The highest BCUT2D eigenvalue weighted by Gasteiger charge is 2.42. The first-order valence-corrected chi connectivity index (χ1v) is 4.76. The van der Waals surface area contributed by atoms with Gasteiger partial charge in [-0.15, -0.1) is 0 Å². The maximum atomic E-state index is 2.62. The molecule has 0 aromatic rings. The van der Waals surface area contributed by atoms with Gasteiger partial charge in [0.1, 0.15) is 0 Å². The van der Waals surface area contributed by atoms with Gasteiger partial charge in [-0.05, 0) is 31.6 Å². The summed E-state index contributed by atoms with van der Waals surface area (Å²) >= 11 is 2.62. The van der Waals surface area contributed by atoms with E-state index in [1.807, 2.05) is 0 Å². The molecule has 2 aliphatic carbocycles. The summed E-state index contributed by atoms with van der Waals surface area (Å²) in [6.07, 6.45) is 10.4. The van der Waals surface area contributed by atoms with Crippen molar-refractivity contribution in [3.05, 3.63) is 12.2 Å². The molecule has 0 aliphatic heterocycles. The minimum absolute atomic E-state index is 0.607. The summed E-state index contributed by atoms with van der Waals surface area (Å²) in [5, 5.41) is 0. The molecule has 1 fully saturated rings. The first-order chi connectivity index (χ1) is 4.31. The van der Waals surface area contributed by atoms with Gasteiger partial charge in [0.15, 0.2) is 0 Å². The summed E-state index contributed by atoms with van der Waals surface area (Å²) in [6.45, 7) is 0. The average molecular weight is 234 g/mol. The summed E-state index contributed by atoms with van der Waals surface area (Å²) in [5.41, 5.74) is 0. The summed E-state index contributed by atoms with van der Waals surface area (Å²) in [6, 6.07) is 0. The molecule has 0 bridgehead atoms. The molecule has 1 saturated carbocycles. The minimum atomic E-state index is 0.607. The molecule has 0 nitrogen and oxygen atoms in total. The van der Waals surface area contributed by atoms with Crippen LogP contribution in [-0.4, -0.2) is 3.42 Å². The Balaban J connectivity index is 2.20. The zero-order valence-electron chi connectivity index (χ0n) is 5.44. The van der Waals surface area contributed by atoms with E-state index in [0.29, 0.717) is 3.42 Å². The third-order valence-corrected chi connectivity index (χ3v) is 4.41. The van der Waals surface area contributed by atoms with Gasteiger partial charge < -0.3 is 0 Å². The van der Waals surface area contributed by atoms with Crippen molar-refractivity contribution >= 4 is 22.6 Å². The van der Waals surface area contributed by atoms with Crippen molar-refractivity contribution in [2.75, 3.05) is 0 Å². The number of hydrogen-bond acceptors (Lipinski definition) is 0. The topological polar surface area (TPSA) is 0 Å². The van der Waals surface area contributed by atoms with E-state index in [1.165, 1.54) is 25.7 Å². The summed E-state index contributed by atoms with van der Waals surface area (Å²) in [7, 11) is 0. The van der Waals surface area contributed by atoms with Crippen LogP contribution in [-0.2, 0) is 0 Å². The van der Waals surface area contributed by atoms with Crippen LogP contribution in [0.25, 0.3) is 0 Å². The van der Waals surface area contributed by atoms with Crippen molar-refractivity contribution in [3.63, 3.8) is 0 Å². The van der Waals surface area contributed by atoms with Gasteiger partial charge in [0.2, 0.25) is 0 Å². The Hall–Kier alpha value is 0.470. The predicted molar refractivity (Wildman–Crippen MR) is 47.8 cm³/mol. The zero-order valence-corrected chi connectivity index (χ0v) is 7.60. The Kier molecular flexibility index (Phi) is 1.36. The predicted octanol–water partition coefficient (Wildman–Crippen LogP) is 2.92. The molecule has 1 heteroatoms. The summed E-state index contributed by atoms with van der Waals surface area (Å²) in [5.74, 6) is 1.03. The molecule has 0 spiro atoms. The van der Waals surface area contributed by atoms with E-state index in [-0.39, 0.29) is 0 Å². The SMILES string of the molecule is IC12C=CCCC1CC2. The highest BCUT2D eigenvalue weighted by molar-refractivity contribution is 14.1. The zero-order chi connectivity index (χ0) is 6.32. The molecular weight excluding hydrogens is 223 g/mol. The van der Waals surface area contributed by atoms with Crippen LogP contribution in [0.4, 0.5) is 0 Å². The van der Waals surface area contributed by atoms with Crippen LogP contribution < -0.4 is 0 Å². The Morgan fingerprint density at radius 1 is 1.44 bits per heavy atom. The maximum absolute atomic E-state index is 2.62. The first kappa shape index (κ1) is 6.20. The van der Waals surface area contributed by atoms with Crippen molar-refractivity contribution in [1.82, 2.24) is 0 Å². The van der Waals surface area contributed by atoms with E-state index in [0.717, 1.165) is 5.92 Å². The van der Waals surface area contributed by atoms with Crippen molar-refractivity contribution in [2.45, 2.75) is 29.1 Å². The molecule has 0 aromatic carbocycles. The third-order valence-electron chi connectivity index (χ3n) is 2.63. The Morgan fingerprint density at radius 3 is 2.67 bits per heavy atom. The Bertz CT molecular complexity index is 151. The van der Waals surface area contributed by atoms with Crippen LogP contribution in [0, 0.1) is 5.92 Å². The fraction of sp³-hybridized carbons (Fsp3) is 0.750. The summed E-state index contributed by atoms with van der Waals surface area (Å²) < 4.78 is 0.607. The van der Waals surface area contributed by atoms with Crippen molar-refractivity contribution < 1.29 is 0 Å². The standard InChI is InChI=1S/C8H11I/c9-8-5-2-1-3-7(8)4-6-8/h2,5,7H,1,3-4,6H2. The molecule has 0 radical (unpaired) electrons. The van der Waals surface area contributed by atoms with Gasteiger partial charge >= 0.3 is 0 Å². The lowest BCUT2D eigenvalue weighted by Gasteiger charge is -2.45. The van der Waals surface area contributed by atoms with E-state index in [2.05, 4.69) is 34.7 Å². The number of hydrogen-bond donors (Lipinski definition) is 0. The molecule has 0 amide bonds. The van der Waals surface area contributed by atoms with E-state index < -0.39 is 0 Å².